The average Bonchev–Trinajstić information content (AvgIpc) is 2.39. The highest BCUT2D eigenvalue weighted by Gasteiger charge is 2.31. The molecule has 0 aliphatic carbocycles. The Morgan fingerprint density at radius 1 is 1.22 bits per heavy atom. The van der Waals surface area contributed by atoms with Crippen LogP contribution in [0, 0.1) is 13.8 Å². The molecule has 18 heavy (non-hydrogen) atoms. The van der Waals surface area contributed by atoms with Gasteiger partial charge in [-0.25, -0.2) is 0 Å². The maximum Gasteiger partial charge on any atom is 0.0615 e. The van der Waals surface area contributed by atoms with E-state index < -0.39 is 0 Å². The largest absolute Gasteiger partial charge is 0.394 e. The second kappa shape index (κ2) is 5.83. The van der Waals surface area contributed by atoms with E-state index in [1.807, 2.05) is 0 Å². The molecule has 1 aromatic carbocycles. The molecule has 0 radical (unpaired) electrons. The lowest BCUT2D eigenvalue weighted by molar-refractivity contribution is 0.0111. The van der Waals surface area contributed by atoms with Crippen LogP contribution >= 0.6 is 0 Å². The Bertz CT molecular complexity index is 377. The number of aliphatic hydroxyl groups is 1. The molecule has 0 amide bonds. The lowest BCUT2D eigenvalue weighted by Crippen LogP contribution is -2.52. The zero-order chi connectivity index (χ0) is 13.0. The maximum absolute atomic E-state index is 9.64. The number of hydrogen-bond acceptors (Lipinski definition) is 3. The van der Waals surface area contributed by atoms with Gasteiger partial charge in [-0.1, -0.05) is 18.2 Å². The Morgan fingerprint density at radius 3 is 2.39 bits per heavy atom. The smallest absolute Gasteiger partial charge is 0.0615 e. The van der Waals surface area contributed by atoms with E-state index in [2.05, 4.69) is 37.4 Å². The first kappa shape index (κ1) is 13.5. The number of nitrogens with one attached hydrogen (secondary N) is 1. The third kappa shape index (κ3) is 2.91. The molecule has 0 atom stereocenters. The van der Waals surface area contributed by atoms with Crippen molar-refractivity contribution in [2.45, 2.75) is 38.8 Å². The summed E-state index contributed by atoms with van der Waals surface area (Å²) in [5, 5.41) is 13.2. The average molecular weight is 249 g/mol. The van der Waals surface area contributed by atoms with E-state index in [0.29, 0.717) is 0 Å². The quantitative estimate of drug-likeness (QED) is 0.857. The summed E-state index contributed by atoms with van der Waals surface area (Å²) in [6.45, 7) is 6.75. The third-order valence-electron chi connectivity index (χ3n) is 4.04. The normalized spacial score (nSPS) is 18.8. The van der Waals surface area contributed by atoms with Crippen LogP contribution in [-0.4, -0.2) is 30.5 Å². The topological polar surface area (TPSA) is 41.5 Å². The second-order valence-electron chi connectivity index (χ2n) is 5.27. The van der Waals surface area contributed by atoms with Gasteiger partial charge in [0.15, 0.2) is 0 Å². The lowest BCUT2D eigenvalue weighted by Gasteiger charge is -2.37. The van der Waals surface area contributed by atoms with Gasteiger partial charge < -0.3 is 15.2 Å². The van der Waals surface area contributed by atoms with Crippen LogP contribution in [0.15, 0.2) is 18.2 Å². The molecule has 3 nitrogen and oxygen atoms in total. The zero-order valence-corrected chi connectivity index (χ0v) is 11.3. The Labute approximate surface area is 109 Å². The molecule has 3 heteroatoms. The van der Waals surface area contributed by atoms with Crippen molar-refractivity contribution in [3.63, 3.8) is 0 Å². The fraction of sp³-hybridized carbons (Fsp3) is 0.600. The summed E-state index contributed by atoms with van der Waals surface area (Å²) in [5.74, 6) is 0. The first-order valence-electron chi connectivity index (χ1n) is 6.66. The van der Waals surface area contributed by atoms with Gasteiger partial charge in [-0.2, -0.15) is 0 Å². The van der Waals surface area contributed by atoms with Gasteiger partial charge in [-0.05, 0) is 43.4 Å². The first-order chi connectivity index (χ1) is 8.67. The SMILES string of the molecule is Cc1cccc(C)c1CNC1(CO)CCOCC1. The molecule has 1 fully saturated rings. The van der Waals surface area contributed by atoms with Crippen LogP contribution in [0.25, 0.3) is 0 Å². The van der Waals surface area contributed by atoms with E-state index in [9.17, 15) is 5.11 Å². The van der Waals surface area contributed by atoms with E-state index in [1.54, 1.807) is 0 Å². The number of benzene rings is 1. The van der Waals surface area contributed by atoms with E-state index >= 15 is 0 Å². The monoisotopic (exact) mass is 249 g/mol. The van der Waals surface area contributed by atoms with Gasteiger partial charge in [-0.15, -0.1) is 0 Å². The van der Waals surface area contributed by atoms with E-state index in [0.717, 1.165) is 32.6 Å². The van der Waals surface area contributed by atoms with Crippen LogP contribution in [0.5, 0.6) is 0 Å². The van der Waals surface area contributed by atoms with E-state index in [4.69, 9.17) is 4.74 Å². The van der Waals surface area contributed by atoms with Crippen molar-refractivity contribution < 1.29 is 9.84 Å². The molecule has 0 spiro atoms. The Morgan fingerprint density at radius 2 is 1.83 bits per heavy atom. The standard InChI is InChI=1S/C15H23NO2/c1-12-4-3-5-13(2)14(12)10-16-15(11-17)6-8-18-9-7-15/h3-5,16-17H,6-11H2,1-2H3. The molecule has 1 saturated heterocycles. The highest BCUT2D eigenvalue weighted by atomic mass is 16.5. The number of aliphatic hydroxyl groups excluding tert-OH is 1. The molecule has 1 aliphatic rings. The molecule has 100 valence electrons. The maximum atomic E-state index is 9.64. The van der Waals surface area contributed by atoms with Crippen molar-refractivity contribution in [3.8, 4) is 0 Å². The second-order valence-corrected chi connectivity index (χ2v) is 5.27. The van der Waals surface area contributed by atoms with Crippen LogP contribution in [0.4, 0.5) is 0 Å². The van der Waals surface area contributed by atoms with Gasteiger partial charge in [0.05, 0.1) is 6.61 Å². The van der Waals surface area contributed by atoms with Crippen molar-refractivity contribution in [2.24, 2.45) is 0 Å². The van der Waals surface area contributed by atoms with Crippen molar-refractivity contribution >= 4 is 0 Å². The molecule has 1 aromatic rings. The van der Waals surface area contributed by atoms with Gasteiger partial charge in [-0.3, -0.25) is 0 Å². The summed E-state index contributed by atoms with van der Waals surface area (Å²) in [6.07, 6.45) is 1.77. The number of ether oxygens (including phenoxy) is 1. The minimum absolute atomic E-state index is 0.160. The molecular weight excluding hydrogens is 226 g/mol. The molecule has 0 saturated carbocycles. The molecule has 0 unspecified atom stereocenters. The summed E-state index contributed by atoms with van der Waals surface area (Å²) < 4.78 is 5.37. The summed E-state index contributed by atoms with van der Waals surface area (Å²) in [4.78, 5) is 0. The summed E-state index contributed by atoms with van der Waals surface area (Å²) in [7, 11) is 0. The van der Waals surface area contributed by atoms with Gasteiger partial charge >= 0.3 is 0 Å². The molecule has 0 bridgehead atoms. The predicted octanol–water partition coefficient (Wildman–Crippen LogP) is 1.93. The minimum atomic E-state index is -0.160. The summed E-state index contributed by atoms with van der Waals surface area (Å²) in [5.41, 5.74) is 3.80. The number of hydrogen-bond donors (Lipinski definition) is 2. The molecule has 0 aromatic heterocycles. The third-order valence-corrected chi connectivity index (χ3v) is 4.04. The summed E-state index contributed by atoms with van der Waals surface area (Å²) in [6, 6.07) is 6.36. The fourth-order valence-corrected chi connectivity index (χ4v) is 2.56. The molecule has 1 heterocycles. The zero-order valence-electron chi connectivity index (χ0n) is 11.3. The van der Waals surface area contributed by atoms with Gasteiger partial charge in [0.1, 0.15) is 0 Å². The van der Waals surface area contributed by atoms with Crippen LogP contribution in [-0.2, 0) is 11.3 Å². The molecular formula is C15H23NO2. The number of rotatable bonds is 4. The molecule has 2 rings (SSSR count). The fourth-order valence-electron chi connectivity index (χ4n) is 2.56. The Hall–Kier alpha value is -0.900. The molecule has 1 aliphatic heterocycles. The Balaban J connectivity index is 2.05. The van der Waals surface area contributed by atoms with E-state index in [-0.39, 0.29) is 12.1 Å². The van der Waals surface area contributed by atoms with Crippen LogP contribution in [0.2, 0.25) is 0 Å². The Kier molecular flexibility index (Phi) is 4.38. The van der Waals surface area contributed by atoms with Crippen molar-refractivity contribution in [2.75, 3.05) is 19.8 Å². The first-order valence-corrected chi connectivity index (χ1v) is 6.66. The van der Waals surface area contributed by atoms with Crippen LogP contribution in [0.1, 0.15) is 29.5 Å². The van der Waals surface area contributed by atoms with Crippen molar-refractivity contribution in [1.82, 2.24) is 5.32 Å². The van der Waals surface area contributed by atoms with E-state index in [1.165, 1.54) is 16.7 Å². The van der Waals surface area contributed by atoms with Crippen molar-refractivity contribution in [3.05, 3.63) is 34.9 Å². The van der Waals surface area contributed by atoms with Crippen LogP contribution in [0.3, 0.4) is 0 Å². The van der Waals surface area contributed by atoms with Crippen molar-refractivity contribution in [1.29, 1.82) is 0 Å². The van der Waals surface area contributed by atoms with Gasteiger partial charge in [0.2, 0.25) is 0 Å². The lowest BCUT2D eigenvalue weighted by atomic mass is 9.90. The summed E-state index contributed by atoms with van der Waals surface area (Å²) >= 11 is 0. The van der Waals surface area contributed by atoms with Crippen LogP contribution < -0.4 is 5.32 Å². The highest BCUT2D eigenvalue weighted by Crippen LogP contribution is 2.22. The highest BCUT2D eigenvalue weighted by molar-refractivity contribution is 5.33. The molecule has 2 N–H and O–H groups in total. The number of aryl methyl sites for hydroxylation is 2. The predicted molar refractivity (Wildman–Crippen MR) is 72.6 cm³/mol. The van der Waals surface area contributed by atoms with Gasteiger partial charge in [0, 0.05) is 25.3 Å². The minimum Gasteiger partial charge on any atom is -0.394 e. The van der Waals surface area contributed by atoms with Gasteiger partial charge in [0.25, 0.3) is 0 Å².